The molecular formula is C13H26NO2. The summed E-state index contributed by atoms with van der Waals surface area (Å²) >= 11 is 0. The molecule has 0 bridgehead atoms. The van der Waals surface area contributed by atoms with Gasteiger partial charge in [-0.25, -0.2) is 4.79 Å². The average Bonchev–Trinajstić information content (AvgIpc) is 2.15. The fraction of sp³-hybridized carbons (Fsp3) is 0.923. The predicted molar refractivity (Wildman–Crippen MR) is 66.8 cm³/mol. The Bertz CT molecular complexity index is 175. The third-order valence-electron chi connectivity index (χ3n) is 2.51. The minimum Gasteiger partial charge on any atom is -0.438 e. The van der Waals surface area contributed by atoms with Crippen LogP contribution >= 0.6 is 0 Å². The van der Waals surface area contributed by atoms with Gasteiger partial charge in [-0.3, -0.25) is 5.32 Å². The zero-order valence-corrected chi connectivity index (χ0v) is 11.1. The highest BCUT2D eigenvalue weighted by molar-refractivity contribution is 5.38. The molecule has 3 heteroatoms. The minimum absolute atomic E-state index is 0.216. The number of rotatable bonds is 9. The normalized spacial score (nSPS) is 13.5. The lowest BCUT2D eigenvalue weighted by Gasteiger charge is -2.17. The number of ether oxygens (including phenoxy) is 1. The molecule has 0 aliphatic rings. The van der Waals surface area contributed by atoms with E-state index in [4.69, 9.17) is 0 Å². The molecule has 0 aliphatic carbocycles. The second-order valence-electron chi connectivity index (χ2n) is 5.52. The summed E-state index contributed by atoms with van der Waals surface area (Å²) in [6.45, 7) is 11.0. The molecule has 0 aromatic carbocycles. The van der Waals surface area contributed by atoms with E-state index >= 15 is 0 Å². The Labute approximate surface area is 99.9 Å². The molecule has 1 unspecified atom stereocenters. The molecule has 0 saturated heterocycles. The van der Waals surface area contributed by atoms with Gasteiger partial charge in [0.05, 0.1) is 0 Å². The summed E-state index contributed by atoms with van der Waals surface area (Å²) < 4.78 is 4.60. The number of hydrogen-bond donors (Lipinski definition) is 1. The van der Waals surface area contributed by atoms with Crippen molar-refractivity contribution in [3.63, 3.8) is 0 Å². The van der Waals surface area contributed by atoms with E-state index < -0.39 is 0 Å². The lowest BCUT2D eigenvalue weighted by Crippen LogP contribution is -2.29. The Morgan fingerprint density at radius 3 is 2.38 bits per heavy atom. The van der Waals surface area contributed by atoms with E-state index in [9.17, 15) is 4.79 Å². The Morgan fingerprint density at radius 1 is 1.19 bits per heavy atom. The van der Waals surface area contributed by atoms with Crippen LogP contribution in [0.25, 0.3) is 0 Å². The number of hydrogen-bond acceptors (Lipinski definition) is 3. The molecule has 0 rings (SSSR count). The van der Waals surface area contributed by atoms with E-state index in [-0.39, 0.29) is 6.23 Å². The number of carbonyl (C=O) groups excluding carboxylic acids is 1. The monoisotopic (exact) mass is 228 g/mol. The second kappa shape index (κ2) is 8.57. The lowest BCUT2D eigenvalue weighted by atomic mass is 9.89. The molecule has 0 amide bonds. The van der Waals surface area contributed by atoms with E-state index in [1.54, 1.807) is 0 Å². The van der Waals surface area contributed by atoms with Gasteiger partial charge in [0.25, 0.3) is 0 Å². The highest BCUT2D eigenvalue weighted by Gasteiger charge is 2.08. The van der Waals surface area contributed by atoms with Crippen molar-refractivity contribution in [1.82, 2.24) is 5.32 Å². The standard InChI is InChI=1S/C13H26NO2/c1-12(16-11-15)14-10-8-6-5-7-9-13(2,3)4/h12,14H,5-10H2,1-4H3. The number of unbranched alkanes of at least 4 members (excludes halogenated alkanes) is 3. The molecule has 0 spiro atoms. The topological polar surface area (TPSA) is 38.3 Å². The van der Waals surface area contributed by atoms with Crippen LogP contribution in [0.4, 0.5) is 0 Å². The van der Waals surface area contributed by atoms with Gasteiger partial charge in [-0.1, -0.05) is 40.0 Å². The summed E-state index contributed by atoms with van der Waals surface area (Å²) in [5, 5.41) is 3.11. The quantitative estimate of drug-likeness (QED) is 0.487. The van der Waals surface area contributed by atoms with Crippen LogP contribution in [0.3, 0.4) is 0 Å². The number of nitrogens with one attached hydrogen (secondary N) is 1. The Morgan fingerprint density at radius 2 is 1.81 bits per heavy atom. The Hall–Kier alpha value is -0.570. The van der Waals surface area contributed by atoms with Crippen molar-refractivity contribution in [3.05, 3.63) is 0 Å². The summed E-state index contributed by atoms with van der Waals surface area (Å²) in [4.78, 5) is 9.90. The second-order valence-corrected chi connectivity index (χ2v) is 5.52. The first-order chi connectivity index (χ1) is 7.45. The van der Waals surface area contributed by atoms with Crippen molar-refractivity contribution in [1.29, 1.82) is 0 Å². The minimum atomic E-state index is -0.216. The van der Waals surface area contributed by atoms with Crippen molar-refractivity contribution < 1.29 is 9.53 Å². The van der Waals surface area contributed by atoms with Crippen LogP contribution in [-0.4, -0.2) is 19.2 Å². The summed E-state index contributed by atoms with van der Waals surface area (Å²) in [7, 11) is 0. The van der Waals surface area contributed by atoms with Crippen molar-refractivity contribution in [2.75, 3.05) is 6.54 Å². The molecule has 0 aromatic rings. The molecular weight excluding hydrogens is 202 g/mol. The first-order valence-electron chi connectivity index (χ1n) is 6.22. The average molecular weight is 228 g/mol. The van der Waals surface area contributed by atoms with Crippen molar-refractivity contribution >= 4 is 6.47 Å². The van der Waals surface area contributed by atoms with E-state index in [1.807, 2.05) is 6.92 Å². The predicted octanol–water partition coefficient (Wildman–Crippen LogP) is 3.00. The van der Waals surface area contributed by atoms with Gasteiger partial charge in [-0.15, -0.1) is 0 Å². The summed E-state index contributed by atoms with van der Waals surface area (Å²) in [5.74, 6) is 0. The van der Waals surface area contributed by atoms with Crippen LogP contribution in [0.1, 0.15) is 59.8 Å². The Kier molecular flexibility index (Phi) is 8.26. The van der Waals surface area contributed by atoms with E-state index in [1.165, 1.54) is 32.2 Å². The molecule has 3 nitrogen and oxygen atoms in total. The van der Waals surface area contributed by atoms with Gasteiger partial charge in [0.2, 0.25) is 0 Å². The zero-order chi connectivity index (χ0) is 12.4. The van der Waals surface area contributed by atoms with Gasteiger partial charge in [0.1, 0.15) is 0 Å². The fourth-order valence-corrected chi connectivity index (χ4v) is 1.55. The van der Waals surface area contributed by atoms with Crippen molar-refractivity contribution in [2.45, 2.75) is 66.0 Å². The maximum absolute atomic E-state index is 9.90. The van der Waals surface area contributed by atoms with Gasteiger partial charge < -0.3 is 4.74 Å². The Balaban J connectivity index is 3.18. The van der Waals surface area contributed by atoms with Crippen molar-refractivity contribution in [2.24, 2.45) is 5.41 Å². The van der Waals surface area contributed by atoms with Gasteiger partial charge in [-0.2, -0.15) is 0 Å². The van der Waals surface area contributed by atoms with Gasteiger partial charge in [0, 0.05) is 0 Å². The zero-order valence-electron chi connectivity index (χ0n) is 11.1. The third kappa shape index (κ3) is 11.5. The van der Waals surface area contributed by atoms with Gasteiger partial charge in [0.15, 0.2) is 6.23 Å². The van der Waals surface area contributed by atoms with Crippen LogP contribution in [0.2, 0.25) is 0 Å². The molecule has 0 fully saturated rings. The van der Waals surface area contributed by atoms with Crippen LogP contribution in [-0.2, 0) is 9.53 Å². The van der Waals surface area contributed by atoms with Crippen molar-refractivity contribution in [3.8, 4) is 0 Å². The maximum atomic E-state index is 9.90. The van der Waals surface area contributed by atoms with Crippen LogP contribution in [0.5, 0.6) is 0 Å². The van der Waals surface area contributed by atoms with Gasteiger partial charge in [-0.05, 0) is 31.7 Å². The molecule has 16 heavy (non-hydrogen) atoms. The smallest absolute Gasteiger partial charge is 0.419 e. The fourth-order valence-electron chi connectivity index (χ4n) is 1.55. The van der Waals surface area contributed by atoms with E-state index in [2.05, 4.69) is 30.8 Å². The molecule has 1 radical (unpaired) electrons. The first kappa shape index (κ1) is 15.4. The molecule has 0 aliphatic heterocycles. The molecule has 0 heterocycles. The molecule has 95 valence electrons. The molecule has 0 aromatic heterocycles. The highest BCUT2D eigenvalue weighted by atomic mass is 16.5. The highest BCUT2D eigenvalue weighted by Crippen LogP contribution is 2.22. The largest absolute Gasteiger partial charge is 0.438 e. The van der Waals surface area contributed by atoms with Crippen LogP contribution in [0, 0.1) is 5.41 Å². The van der Waals surface area contributed by atoms with E-state index in [0.717, 1.165) is 13.0 Å². The third-order valence-corrected chi connectivity index (χ3v) is 2.51. The summed E-state index contributed by atoms with van der Waals surface area (Å²) in [6.07, 6.45) is 6.04. The SMILES string of the molecule is CC(NCCCCCCC(C)(C)C)O[C]=O. The maximum Gasteiger partial charge on any atom is 0.419 e. The summed E-state index contributed by atoms with van der Waals surface area (Å²) in [6, 6.07) is 0. The van der Waals surface area contributed by atoms with Crippen LogP contribution in [0.15, 0.2) is 0 Å². The first-order valence-corrected chi connectivity index (χ1v) is 6.22. The molecule has 0 saturated carbocycles. The summed E-state index contributed by atoms with van der Waals surface area (Å²) in [5.41, 5.74) is 0.459. The van der Waals surface area contributed by atoms with E-state index in [0.29, 0.717) is 5.41 Å². The molecule has 1 atom stereocenters. The lowest BCUT2D eigenvalue weighted by molar-refractivity contribution is 0.159. The van der Waals surface area contributed by atoms with Crippen LogP contribution < -0.4 is 5.32 Å². The van der Waals surface area contributed by atoms with Gasteiger partial charge >= 0.3 is 6.47 Å². The molecule has 1 N–H and O–H groups in total.